The van der Waals surface area contributed by atoms with Crippen LogP contribution in [0.1, 0.15) is 37.8 Å². The van der Waals surface area contributed by atoms with Gasteiger partial charge in [0.05, 0.1) is 7.11 Å². The summed E-state index contributed by atoms with van der Waals surface area (Å²) in [6.45, 7) is 6.37. The highest BCUT2D eigenvalue weighted by molar-refractivity contribution is 6.31. The zero-order valence-electron chi connectivity index (χ0n) is 13.9. The molecule has 1 atom stereocenters. The van der Waals surface area contributed by atoms with Crippen molar-refractivity contribution in [3.05, 3.63) is 28.3 Å². The Morgan fingerprint density at radius 2 is 1.91 bits per heavy atom. The van der Waals surface area contributed by atoms with Crippen LogP contribution >= 0.6 is 11.6 Å². The lowest BCUT2D eigenvalue weighted by Gasteiger charge is -2.46. The largest absolute Gasteiger partial charge is 0.496 e. The van der Waals surface area contributed by atoms with E-state index in [1.807, 2.05) is 12.1 Å². The minimum Gasteiger partial charge on any atom is -0.496 e. The second-order valence-electron chi connectivity index (χ2n) is 7.51. The highest BCUT2D eigenvalue weighted by Crippen LogP contribution is 2.59. The van der Waals surface area contributed by atoms with Gasteiger partial charge >= 0.3 is 0 Å². The third-order valence-corrected chi connectivity index (χ3v) is 6.13. The minimum atomic E-state index is -0.875. The third kappa shape index (κ3) is 2.17. The Labute approximate surface area is 138 Å². The van der Waals surface area contributed by atoms with Crippen molar-refractivity contribution in [2.75, 3.05) is 27.2 Å². The molecule has 0 saturated carbocycles. The van der Waals surface area contributed by atoms with E-state index < -0.39 is 5.60 Å². The number of benzene rings is 1. The number of hydrogen-bond acceptors (Lipinski definition) is 3. The topological polar surface area (TPSA) is 32.7 Å². The molecule has 1 aromatic carbocycles. The van der Waals surface area contributed by atoms with Gasteiger partial charge in [-0.1, -0.05) is 25.4 Å². The van der Waals surface area contributed by atoms with Crippen molar-refractivity contribution in [2.24, 2.45) is 11.3 Å². The lowest BCUT2D eigenvalue weighted by molar-refractivity contribution is -0.122. The van der Waals surface area contributed by atoms with Crippen LogP contribution in [0.25, 0.3) is 0 Å². The molecule has 122 valence electrons. The molecule has 3 nitrogen and oxygen atoms in total. The van der Waals surface area contributed by atoms with Gasteiger partial charge in [-0.15, -0.1) is 0 Å². The third-order valence-electron chi connectivity index (χ3n) is 5.78. The van der Waals surface area contributed by atoms with Crippen LogP contribution in [0.4, 0.5) is 0 Å². The molecule has 0 bridgehead atoms. The second-order valence-corrected chi connectivity index (χ2v) is 7.91. The maximum atomic E-state index is 11.9. The summed E-state index contributed by atoms with van der Waals surface area (Å²) in [5.74, 6) is 1.01. The number of ether oxygens (including phenoxy) is 1. The Balaban J connectivity index is 2.13. The van der Waals surface area contributed by atoms with Crippen LogP contribution in [-0.4, -0.2) is 37.3 Å². The molecule has 0 aromatic heterocycles. The summed E-state index contributed by atoms with van der Waals surface area (Å²) < 4.78 is 5.58. The number of rotatable bonds is 2. The molecule has 1 unspecified atom stereocenters. The lowest BCUT2D eigenvalue weighted by atomic mass is 9.65. The Kier molecular flexibility index (Phi) is 3.95. The van der Waals surface area contributed by atoms with E-state index in [1.54, 1.807) is 7.11 Å². The molecule has 3 rings (SSSR count). The van der Waals surface area contributed by atoms with Gasteiger partial charge < -0.3 is 14.7 Å². The SMILES string of the molecule is COc1ccc(Cl)c2c1C(O)(C1CCN(C)CC1)C(C)(C)C2. The highest BCUT2D eigenvalue weighted by atomic mass is 35.5. The van der Waals surface area contributed by atoms with E-state index in [-0.39, 0.29) is 11.3 Å². The lowest BCUT2D eigenvalue weighted by Crippen LogP contribution is -2.49. The molecule has 1 N–H and O–H groups in total. The quantitative estimate of drug-likeness (QED) is 0.904. The van der Waals surface area contributed by atoms with Crippen LogP contribution < -0.4 is 4.74 Å². The first-order valence-electron chi connectivity index (χ1n) is 8.08. The normalized spacial score (nSPS) is 28.6. The van der Waals surface area contributed by atoms with Gasteiger partial charge in [0.25, 0.3) is 0 Å². The molecule has 4 heteroatoms. The maximum Gasteiger partial charge on any atom is 0.125 e. The summed E-state index contributed by atoms with van der Waals surface area (Å²) in [5.41, 5.74) is 0.878. The fourth-order valence-electron chi connectivity index (χ4n) is 4.46. The predicted octanol–water partition coefficient (Wildman–Crippen LogP) is 3.46. The Hall–Kier alpha value is -0.770. The van der Waals surface area contributed by atoms with Gasteiger partial charge in [0, 0.05) is 16.0 Å². The average Bonchev–Trinajstić information content (AvgIpc) is 2.70. The molecule has 2 aliphatic rings. The van der Waals surface area contributed by atoms with Crippen LogP contribution in [0.3, 0.4) is 0 Å². The number of likely N-dealkylation sites (tertiary alicyclic amines) is 1. The smallest absolute Gasteiger partial charge is 0.125 e. The van der Waals surface area contributed by atoms with Crippen molar-refractivity contribution < 1.29 is 9.84 Å². The van der Waals surface area contributed by atoms with Crippen molar-refractivity contribution in [2.45, 2.75) is 38.7 Å². The molecular formula is C18H26ClNO2. The molecular weight excluding hydrogens is 298 g/mol. The predicted molar refractivity (Wildman–Crippen MR) is 89.6 cm³/mol. The van der Waals surface area contributed by atoms with Crippen LogP contribution in [0.2, 0.25) is 5.02 Å². The molecule has 1 fully saturated rings. The van der Waals surface area contributed by atoms with Gasteiger partial charge in [-0.2, -0.15) is 0 Å². The van der Waals surface area contributed by atoms with E-state index in [2.05, 4.69) is 25.8 Å². The molecule has 0 spiro atoms. The van der Waals surface area contributed by atoms with Crippen LogP contribution in [0, 0.1) is 11.3 Å². The van der Waals surface area contributed by atoms with E-state index in [1.165, 1.54) is 0 Å². The Morgan fingerprint density at radius 1 is 1.27 bits per heavy atom. The Morgan fingerprint density at radius 3 is 2.50 bits per heavy atom. The first kappa shape index (κ1) is 16.1. The first-order valence-corrected chi connectivity index (χ1v) is 8.46. The molecule has 1 saturated heterocycles. The van der Waals surface area contributed by atoms with Gasteiger partial charge in [-0.25, -0.2) is 0 Å². The molecule has 1 heterocycles. The number of nitrogens with zero attached hydrogens (tertiary/aromatic N) is 1. The van der Waals surface area contributed by atoms with E-state index in [9.17, 15) is 5.11 Å². The fourth-order valence-corrected chi connectivity index (χ4v) is 4.68. The minimum absolute atomic E-state index is 0.242. The number of piperidine rings is 1. The van der Waals surface area contributed by atoms with Crippen molar-refractivity contribution in [1.29, 1.82) is 0 Å². The summed E-state index contributed by atoms with van der Waals surface area (Å²) in [6, 6.07) is 3.78. The second kappa shape index (κ2) is 5.40. The van der Waals surface area contributed by atoms with Crippen molar-refractivity contribution >= 4 is 11.6 Å². The zero-order valence-corrected chi connectivity index (χ0v) is 14.7. The molecule has 22 heavy (non-hydrogen) atoms. The molecule has 1 aliphatic carbocycles. The van der Waals surface area contributed by atoms with Gasteiger partial charge in [0.15, 0.2) is 0 Å². The van der Waals surface area contributed by atoms with Crippen LogP contribution in [0.15, 0.2) is 12.1 Å². The number of fused-ring (bicyclic) bond motifs is 1. The maximum absolute atomic E-state index is 11.9. The molecule has 0 amide bonds. The standard InChI is InChI=1S/C18H26ClNO2/c1-17(2)11-13-14(19)5-6-15(22-4)16(13)18(17,21)12-7-9-20(3)10-8-12/h5-6,12,21H,7-11H2,1-4H3. The van der Waals surface area contributed by atoms with E-state index in [4.69, 9.17) is 16.3 Å². The van der Waals surface area contributed by atoms with Crippen LogP contribution in [0.5, 0.6) is 5.75 Å². The monoisotopic (exact) mass is 323 g/mol. The summed E-state index contributed by atoms with van der Waals surface area (Å²) >= 11 is 6.44. The van der Waals surface area contributed by atoms with Crippen molar-refractivity contribution in [1.82, 2.24) is 4.90 Å². The average molecular weight is 324 g/mol. The number of aliphatic hydroxyl groups is 1. The number of halogens is 1. The van der Waals surface area contributed by atoms with Crippen molar-refractivity contribution in [3.63, 3.8) is 0 Å². The fraction of sp³-hybridized carbons (Fsp3) is 0.667. The molecule has 1 aromatic rings. The van der Waals surface area contributed by atoms with E-state index in [0.717, 1.165) is 54.3 Å². The summed E-state index contributed by atoms with van der Waals surface area (Å²) in [5, 5.41) is 12.6. The van der Waals surface area contributed by atoms with E-state index >= 15 is 0 Å². The summed E-state index contributed by atoms with van der Waals surface area (Å²) in [4.78, 5) is 2.33. The van der Waals surface area contributed by atoms with E-state index in [0.29, 0.717) is 0 Å². The van der Waals surface area contributed by atoms with Crippen LogP contribution in [-0.2, 0) is 12.0 Å². The van der Waals surface area contributed by atoms with Gasteiger partial charge in [0.1, 0.15) is 11.4 Å². The number of hydrogen-bond donors (Lipinski definition) is 1. The van der Waals surface area contributed by atoms with Gasteiger partial charge in [-0.05, 0) is 63.0 Å². The zero-order chi connectivity index (χ0) is 16.1. The summed E-state index contributed by atoms with van der Waals surface area (Å²) in [7, 11) is 3.81. The van der Waals surface area contributed by atoms with Gasteiger partial charge in [0.2, 0.25) is 0 Å². The van der Waals surface area contributed by atoms with Crippen molar-refractivity contribution in [3.8, 4) is 5.75 Å². The van der Waals surface area contributed by atoms with Gasteiger partial charge in [-0.3, -0.25) is 0 Å². The molecule has 1 aliphatic heterocycles. The number of methoxy groups -OCH3 is 1. The molecule has 0 radical (unpaired) electrons. The summed E-state index contributed by atoms with van der Waals surface area (Å²) in [6.07, 6.45) is 2.80. The Bertz CT molecular complexity index is 579. The first-order chi connectivity index (χ1) is 10.3. The highest BCUT2D eigenvalue weighted by Gasteiger charge is 2.57.